The lowest BCUT2D eigenvalue weighted by molar-refractivity contribution is 0.725. The molecule has 1 atom stereocenters. The minimum absolute atomic E-state index is 0.629. The Morgan fingerprint density at radius 3 is 2.65 bits per heavy atom. The molecule has 0 amide bonds. The number of hydrogen-bond donors (Lipinski definition) is 0. The normalized spacial score (nSPS) is 20.4. The third kappa shape index (κ3) is 3.20. The lowest BCUT2D eigenvalue weighted by Crippen LogP contribution is -1.95. The summed E-state index contributed by atoms with van der Waals surface area (Å²) in [4.78, 5) is 0. The average molecular weight is 224 g/mol. The molecular formula is C17H20. The molecule has 17 heavy (non-hydrogen) atoms. The molecule has 0 bridgehead atoms. The Hall–Kier alpha value is -1.56. The van der Waals surface area contributed by atoms with E-state index in [2.05, 4.69) is 61.6 Å². The highest BCUT2D eigenvalue weighted by Crippen LogP contribution is 2.24. The van der Waals surface area contributed by atoms with Crippen LogP contribution in [0.4, 0.5) is 0 Å². The van der Waals surface area contributed by atoms with Crippen molar-refractivity contribution in [2.24, 2.45) is 5.92 Å². The number of hydrogen-bond acceptors (Lipinski definition) is 0. The molecule has 1 aliphatic carbocycles. The fourth-order valence-electron chi connectivity index (χ4n) is 2.38. The molecule has 0 heterocycles. The van der Waals surface area contributed by atoms with E-state index >= 15 is 0 Å². The third-order valence-electron chi connectivity index (χ3n) is 3.17. The van der Waals surface area contributed by atoms with Gasteiger partial charge in [0.25, 0.3) is 0 Å². The largest absolute Gasteiger partial charge is 0.0877 e. The molecule has 2 rings (SSSR count). The molecule has 0 spiro atoms. The van der Waals surface area contributed by atoms with E-state index in [0.29, 0.717) is 5.92 Å². The van der Waals surface area contributed by atoms with Gasteiger partial charge in [0.2, 0.25) is 0 Å². The molecule has 0 saturated carbocycles. The van der Waals surface area contributed by atoms with Crippen LogP contribution in [0.2, 0.25) is 0 Å². The molecule has 88 valence electrons. The van der Waals surface area contributed by atoms with Crippen molar-refractivity contribution in [2.75, 3.05) is 0 Å². The molecule has 0 heteroatoms. The highest BCUT2D eigenvalue weighted by Gasteiger charge is 2.11. The second kappa shape index (κ2) is 5.67. The van der Waals surface area contributed by atoms with Gasteiger partial charge in [-0.05, 0) is 42.4 Å². The average Bonchev–Trinajstić information content (AvgIpc) is 2.47. The highest BCUT2D eigenvalue weighted by atomic mass is 14.2. The smallest absolute Gasteiger partial charge is 0.00261 e. The van der Waals surface area contributed by atoms with Crippen molar-refractivity contribution in [2.45, 2.75) is 26.7 Å². The van der Waals surface area contributed by atoms with Crippen molar-refractivity contribution in [3.05, 3.63) is 71.3 Å². The third-order valence-corrected chi connectivity index (χ3v) is 3.17. The molecule has 0 aromatic heterocycles. The Labute approximate surface area is 104 Å². The van der Waals surface area contributed by atoms with Crippen molar-refractivity contribution in [1.29, 1.82) is 0 Å². The molecule has 0 fully saturated rings. The van der Waals surface area contributed by atoms with E-state index in [4.69, 9.17) is 0 Å². The van der Waals surface area contributed by atoms with Crippen LogP contribution in [-0.4, -0.2) is 0 Å². The molecule has 1 aromatic rings. The van der Waals surface area contributed by atoms with Crippen molar-refractivity contribution in [3.8, 4) is 0 Å². The summed E-state index contributed by atoms with van der Waals surface area (Å²) in [5.74, 6) is 0.629. The zero-order chi connectivity index (χ0) is 12.1. The van der Waals surface area contributed by atoms with E-state index in [1.165, 1.54) is 16.7 Å². The van der Waals surface area contributed by atoms with Gasteiger partial charge in [0.05, 0.1) is 0 Å². The van der Waals surface area contributed by atoms with Crippen LogP contribution in [-0.2, 0) is 12.8 Å². The van der Waals surface area contributed by atoms with E-state index in [1.807, 2.05) is 6.92 Å². The van der Waals surface area contributed by atoms with E-state index in [0.717, 1.165) is 12.8 Å². The molecule has 0 aliphatic heterocycles. The second-order valence-corrected chi connectivity index (χ2v) is 4.75. The molecule has 0 saturated heterocycles. The van der Waals surface area contributed by atoms with Crippen LogP contribution in [0, 0.1) is 5.92 Å². The van der Waals surface area contributed by atoms with E-state index in [1.54, 1.807) is 0 Å². The fourth-order valence-corrected chi connectivity index (χ4v) is 2.38. The maximum Gasteiger partial charge on any atom is -0.00261 e. The number of fused-ring (bicyclic) bond motifs is 1. The molecular weight excluding hydrogens is 204 g/mol. The van der Waals surface area contributed by atoms with Gasteiger partial charge in [-0.15, -0.1) is 0 Å². The first-order valence-electron chi connectivity index (χ1n) is 6.36. The van der Waals surface area contributed by atoms with Gasteiger partial charge in [-0.25, -0.2) is 0 Å². The summed E-state index contributed by atoms with van der Waals surface area (Å²) >= 11 is 0. The van der Waals surface area contributed by atoms with Gasteiger partial charge in [-0.3, -0.25) is 0 Å². The summed E-state index contributed by atoms with van der Waals surface area (Å²) in [5, 5.41) is 0. The van der Waals surface area contributed by atoms with Gasteiger partial charge in [-0.1, -0.05) is 61.6 Å². The molecule has 1 aliphatic rings. The molecule has 0 nitrogen and oxygen atoms in total. The quantitative estimate of drug-likeness (QED) is 0.650. The Kier molecular flexibility index (Phi) is 3.98. The Balaban J connectivity index is 2.25. The van der Waals surface area contributed by atoms with Crippen molar-refractivity contribution in [3.63, 3.8) is 0 Å². The van der Waals surface area contributed by atoms with Crippen LogP contribution in [0.5, 0.6) is 0 Å². The minimum atomic E-state index is 0.629. The lowest BCUT2D eigenvalue weighted by atomic mass is 9.99. The first kappa shape index (κ1) is 11.9. The van der Waals surface area contributed by atoms with Gasteiger partial charge in [0, 0.05) is 0 Å². The summed E-state index contributed by atoms with van der Waals surface area (Å²) in [6.07, 6.45) is 13.1. The van der Waals surface area contributed by atoms with Gasteiger partial charge in [0.1, 0.15) is 0 Å². The van der Waals surface area contributed by atoms with Crippen LogP contribution >= 0.6 is 0 Å². The van der Waals surface area contributed by atoms with Gasteiger partial charge in [0.15, 0.2) is 0 Å². The van der Waals surface area contributed by atoms with Gasteiger partial charge in [-0.2, -0.15) is 0 Å². The predicted octanol–water partition coefficient (Wildman–Crippen LogP) is 4.48. The standard InChI is InChI=1S/C17H20/c1-3-4-5-8-15-11-14(2)12-16-9-6-7-10-17(16)13-15/h3-11,14H,12-13H2,1-2H3/b4-3-,8-5-. The van der Waals surface area contributed by atoms with Crippen molar-refractivity contribution >= 4 is 0 Å². The number of rotatable bonds is 2. The number of allylic oxidation sites excluding steroid dienone is 6. The van der Waals surface area contributed by atoms with Crippen LogP contribution in [0.15, 0.2) is 60.2 Å². The van der Waals surface area contributed by atoms with Crippen LogP contribution < -0.4 is 0 Å². The first-order chi connectivity index (χ1) is 8.29. The van der Waals surface area contributed by atoms with E-state index in [9.17, 15) is 0 Å². The van der Waals surface area contributed by atoms with Crippen LogP contribution in [0.3, 0.4) is 0 Å². The summed E-state index contributed by atoms with van der Waals surface area (Å²) in [6.45, 7) is 4.34. The summed E-state index contributed by atoms with van der Waals surface area (Å²) in [7, 11) is 0. The SMILES string of the molecule is C/C=C\C=C/C1=CC(C)Cc2ccccc2C1. The summed E-state index contributed by atoms with van der Waals surface area (Å²) in [5.41, 5.74) is 4.42. The van der Waals surface area contributed by atoms with Crippen molar-refractivity contribution < 1.29 is 0 Å². The molecule has 0 radical (unpaired) electrons. The Morgan fingerprint density at radius 2 is 1.88 bits per heavy atom. The molecule has 1 unspecified atom stereocenters. The van der Waals surface area contributed by atoms with E-state index < -0.39 is 0 Å². The lowest BCUT2D eigenvalue weighted by Gasteiger charge is -2.06. The van der Waals surface area contributed by atoms with Gasteiger partial charge >= 0.3 is 0 Å². The van der Waals surface area contributed by atoms with Crippen molar-refractivity contribution in [1.82, 2.24) is 0 Å². The van der Waals surface area contributed by atoms with Crippen LogP contribution in [0.1, 0.15) is 25.0 Å². The zero-order valence-corrected chi connectivity index (χ0v) is 10.7. The maximum absolute atomic E-state index is 2.40. The summed E-state index contributed by atoms with van der Waals surface area (Å²) < 4.78 is 0. The number of benzene rings is 1. The Morgan fingerprint density at radius 1 is 1.12 bits per heavy atom. The molecule has 1 aromatic carbocycles. The maximum atomic E-state index is 2.40. The van der Waals surface area contributed by atoms with E-state index in [-0.39, 0.29) is 0 Å². The minimum Gasteiger partial charge on any atom is -0.0877 e. The highest BCUT2D eigenvalue weighted by molar-refractivity contribution is 5.38. The topological polar surface area (TPSA) is 0 Å². The van der Waals surface area contributed by atoms with Crippen LogP contribution in [0.25, 0.3) is 0 Å². The van der Waals surface area contributed by atoms with Gasteiger partial charge < -0.3 is 0 Å². The fraction of sp³-hybridized carbons (Fsp3) is 0.294. The predicted molar refractivity (Wildman–Crippen MR) is 75.1 cm³/mol. The first-order valence-corrected chi connectivity index (χ1v) is 6.36. The summed E-state index contributed by atoms with van der Waals surface area (Å²) in [6, 6.07) is 8.80. The molecule has 0 N–H and O–H groups in total. The second-order valence-electron chi connectivity index (χ2n) is 4.75. The zero-order valence-electron chi connectivity index (χ0n) is 10.7. The monoisotopic (exact) mass is 224 g/mol. The Bertz CT molecular complexity index is 461.